The van der Waals surface area contributed by atoms with Gasteiger partial charge in [-0.15, -0.1) is 0 Å². The van der Waals surface area contributed by atoms with Gasteiger partial charge in [-0.1, -0.05) is 23.2 Å². The van der Waals surface area contributed by atoms with Crippen LogP contribution in [-0.2, 0) is 9.53 Å². The van der Waals surface area contributed by atoms with Gasteiger partial charge in [0.1, 0.15) is 0 Å². The summed E-state index contributed by atoms with van der Waals surface area (Å²) in [5.41, 5.74) is 0.108. The molecular formula is C12H11Cl2F3N2O3. The zero-order valence-electron chi connectivity index (χ0n) is 11.1. The Morgan fingerprint density at radius 2 is 1.91 bits per heavy atom. The molecule has 0 saturated heterocycles. The lowest BCUT2D eigenvalue weighted by Crippen LogP contribution is -2.52. The third-order valence-electron chi connectivity index (χ3n) is 2.30. The highest BCUT2D eigenvalue weighted by Crippen LogP contribution is 2.25. The van der Waals surface area contributed by atoms with Gasteiger partial charge in [-0.05, 0) is 25.1 Å². The molecule has 2 amide bonds. The Labute approximate surface area is 133 Å². The summed E-state index contributed by atoms with van der Waals surface area (Å²) in [6.07, 6.45) is -4.98. The molecule has 0 radical (unpaired) electrons. The number of esters is 1. The molecule has 1 rings (SSSR count). The second-order valence-electron chi connectivity index (χ2n) is 3.95. The van der Waals surface area contributed by atoms with Crippen LogP contribution >= 0.6 is 23.2 Å². The summed E-state index contributed by atoms with van der Waals surface area (Å²) in [5, 5.41) is 3.93. The molecule has 0 unspecified atom stereocenters. The Morgan fingerprint density at radius 3 is 2.41 bits per heavy atom. The Morgan fingerprint density at radius 1 is 1.27 bits per heavy atom. The van der Waals surface area contributed by atoms with Crippen LogP contribution in [0.5, 0.6) is 0 Å². The monoisotopic (exact) mass is 358 g/mol. The summed E-state index contributed by atoms with van der Waals surface area (Å²) in [6.45, 7) is 1.10. The first-order valence-corrected chi connectivity index (χ1v) is 6.66. The fourth-order valence-corrected chi connectivity index (χ4v) is 1.67. The number of alkyl halides is 3. The lowest BCUT2D eigenvalue weighted by molar-refractivity contribution is -0.182. The van der Waals surface area contributed by atoms with E-state index in [-0.39, 0.29) is 22.3 Å². The molecule has 1 aromatic carbocycles. The molecule has 1 aromatic rings. The Kier molecular flexibility index (Phi) is 6.31. The van der Waals surface area contributed by atoms with Crippen LogP contribution in [0.25, 0.3) is 0 Å². The highest BCUT2D eigenvalue weighted by molar-refractivity contribution is 6.42. The third-order valence-corrected chi connectivity index (χ3v) is 3.04. The van der Waals surface area contributed by atoms with Crippen LogP contribution in [-0.4, -0.2) is 30.8 Å². The van der Waals surface area contributed by atoms with Crippen molar-refractivity contribution in [1.29, 1.82) is 0 Å². The van der Waals surface area contributed by atoms with E-state index in [0.717, 1.165) is 0 Å². The van der Waals surface area contributed by atoms with Crippen LogP contribution in [0.2, 0.25) is 10.0 Å². The molecule has 10 heteroatoms. The van der Waals surface area contributed by atoms with E-state index in [4.69, 9.17) is 23.2 Å². The summed E-state index contributed by atoms with van der Waals surface area (Å²) in [4.78, 5) is 22.8. The number of benzene rings is 1. The standard InChI is InChI=1S/C12H11Cl2F3N2O3/c1-2-22-10(20)9(12(15,16)17)19-11(21)18-6-3-4-7(13)8(14)5-6/h3-5,9H,2H2,1H3,(H2,18,19,21)/t9-/m1/s1. The third kappa shape index (κ3) is 5.27. The highest BCUT2D eigenvalue weighted by Gasteiger charge is 2.47. The minimum atomic E-state index is -4.98. The maximum Gasteiger partial charge on any atom is 0.419 e. The fraction of sp³-hybridized carbons (Fsp3) is 0.333. The zero-order chi connectivity index (χ0) is 16.9. The number of carbonyl (C=O) groups excluding carboxylic acids is 2. The minimum absolute atomic E-state index is 0.108. The normalized spacial score (nSPS) is 12.5. The number of hydrogen-bond acceptors (Lipinski definition) is 3. The van der Waals surface area contributed by atoms with Gasteiger partial charge in [-0.2, -0.15) is 13.2 Å². The number of hydrogen-bond donors (Lipinski definition) is 2. The van der Waals surface area contributed by atoms with Gasteiger partial charge in [0.25, 0.3) is 0 Å². The van der Waals surface area contributed by atoms with Crippen molar-refractivity contribution < 1.29 is 27.5 Å². The average molecular weight is 359 g/mol. The van der Waals surface area contributed by atoms with Crippen molar-refractivity contribution in [3.8, 4) is 0 Å². The van der Waals surface area contributed by atoms with Gasteiger partial charge in [-0.3, -0.25) is 0 Å². The van der Waals surface area contributed by atoms with E-state index < -0.39 is 24.2 Å². The van der Waals surface area contributed by atoms with Gasteiger partial charge in [0.15, 0.2) is 0 Å². The lowest BCUT2D eigenvalue weighted by Gasteiger charge is -2.20. The number of halogens is 5. The first-order chi connectivity index (χ1) is 10.1. The molecule has 0 aliphatic rings. The number of ether oxygens (including phenoxy) is 1. The maximum absolute atomic E-state index is 12.7. The van der Waals surface area contributed by atoms with Gasteiger partial charge < -0.3 is 15.4 Å². The molecule has 22 heavy (non-hydrogen) atoms. The van der Waals surface area contributed by atoms with Crippen molar-refractivity contribution in [2.24, 2.45) is 0 Å². The summed E-state index contributed by atoms with van der Waals surface area (Å²) in [5.74, 6) is -1.60. The van der Waals surface area contributed by atoms with Crippen molar-refractivity contribution in [2.75, 3.05) is 11.9 Å². The van der Waals surface area contributed by atoms with E-state index in [1.165, 1.54) is 30.4 Å². The molecule has 0 aliphatic carbocycles. The quantitative estimate of drug-likeness (QED) is 0.808. The molecule has 0 saturated carbocycles. The van der Waals surface area contributed by atoms with Crippen molar-refractivity contribution in [1.82, 2.24) is 5.32 Å². The van der Waals surface area contributed by atoms with Crippen molar-refractivity contribution in [2.45, 2.75) is 19.1 Å². The van der Waals surface area contributed by atoms with Gasteiger partial charge in [0.2, 0.25) is 6.04 Å². The number of urea groups is 1. The smallest absolute Gasteiger partial charge is 0.419 e. The molecule has 5 nitrogen and oxygen atoms in total. The SMILES string of the molecule is CCOC(=O)[C@@H](NC(=O)Nc1ccc(Cl)c(Cl)c1)C(F)(F)F. The Hall–Kier alpha value is -1.67. The molecule has 0 heterocycles. The Balaban J connectivity index is 2.78. The zero-order valence-corrected chi connectivity index (χ0v) is 12.6. The maximum atomic E-state index is 12.7. The van der Waals surface area contributed by atoms with Gasteiger partial charge in [0, 0.05) is 5.69 Å². The van der Waals surface area contributed by atoms with Crippen LogP contribution in [0.1, 0.15) is 6.92 Å². The summed E-state index contributed by atoms with van der Waals surface area (Å²) >= 11 is 11.4. The molecular weight excluding hydrogens is 348 g/mol. The predicted molar refractivity (Wildman–Crippen MR) is 75.1 cm³/mol. The van der Waals surface area contributed by atoms with Gasteiger partial charge >= 0.3 is 18.2 Å². The second-order valence-corrected chi connectivity index (χ2v) is 4.77. The topological polar surface area (TPSA) is 67.4 Å². The number of carbonyl (C=O) groups is 2. The van der Waals surface area contributed by atoms with Crippen molar-refractivity contribution in [3.05, 3.63) is 28.2 Å². The second kappa shape index (κ2) is 7.55. The summed E-state index contributed by atoms with van der Waals surface area (Å²) in [6, 6.07) is -0.0764. The van der Waals surface area contributed by atoms with Crippen LogP contribution in [0.3, 0.4) is 0 Å². The molecule has 122 valence electrons. The first kappa shape index (κ1) is 18.4. The van der Waals surface area contributed by atoms with E-state index in [2.05, 4.69) is 10.1 Å². The predicted octanol–water partition coefficient (Wildman–Crippen LogP) is 3.61. The average Bonchev–Trinajstić information content (AvgIpc) is 2.39. The van der Waals surface area contributed by atoms with E-state index >= 15 is 0 Å². The largest absolute Gasteiger partial charge is 0.464 e. The number of nitrogens with one attached hydrogen (secondary N) is 2. The first-order valence-electron chi connectivity index (χ1n) is 5.91. The highest BCUT2D eigenvalue weighted by atomic mass is 35.5. The van der Waals surface area contributed by atoms with Crippen LogP contribution in [0.15, 0.2) is 18.2 Å². The van der Waals surface area contributed by atoms with Crippen molar-refractivity contribution in [3.63, 3.8) is 0 Å². The summed E-state index contributed by atoms with van der Waals surface area (Å²) < 4.78 is 42.5. The lowest BCUT2D eigenvalue weighted by atomic mass is 10.3. The van der Waals surface area contributed by atoms with Crippen LogP contribution in [0, 0.1) is 0 Å². The molecule has 1 atom stereocenters. The van der Waals surface area contributed by atoms with E-state index in [0.29, 0.717) is 0 Å². The van der Waals surface area contributed by atoms with Crippen molar-refractivity contribution >= 4 is 40.9 Å². The Bertz CT molecular complexity index is 567. The fourth-order valence-electron chi connectivity index (χ4n) is 1.37. The number of amides is 2. The molecule has 0 spiro atoms. The molecule has 0 bridgehead atoms. The van der Waals surface area contributed by atoms with Gasteiger partial charge in [-0.25, -0.2) is 9.59 Å². The molecule has 0 fully saturated rings. The molecule has 0 aromatic heterocycles. The molecule has 2 N–H and O–H groups in total. The van der Waals surface area contributed by atoms with E-state index in [9.17, 15) is 22.8 Å². The van der Waals surface area contributed by atoms with E-state index in [1.54, 1.807) is 0 Å². The summed E-state index contributed by atoms with van der Waals surface area (Å²) in [7, 11) is 0. The van der Waals surface area contributed by atoms with Gasteiger partial charge in [0.05, 0.1) is 16.7 Å². The molecule has 0 aliphatic heterocycles. The number of rotatable bonds is 4. The number of anilines is 1. The minimum Gasteiger partial charge on any atom is -0.464 e. The van der Waals surface area contributed by atoms with Crippen LogP contribution in [0.4, 0.5) is 23.7 Å². The van der Waals surface area contributed by atoms with Crippen LogP contribution < -0.4 is 10.6 Å². The van der Waals surface area contributed by atoms with E-state index in [1.807, 2.05) is 0 Å².